The van der Waals surface area contributed by atoms with E-state index in [-0.39, 0.29) is 17.7 Å². The minimum Gasteiger partial charge on any atom is -0.494 e. The third kappa shape index (κ3) is 3.47. The van der Waals surface area contributed by atoms with Crippen molar-refractivity contribution >= 4 is 45.3 Å². The van der Waals surface area contributed by atoms with E-state index >= 15 is 0 Å². The summed E-state index contributed by atoms with van der Waals surface area (Å²) in [5, 5.41) is 0. The van der Waals surface area contributed by atoms with E-state index in [0.717, 1.165) is 32.4 Å². The monoisotopic (exact) mass is 576 g/mol. The van der Waals surface area contributed by atoms with E-state index < -0.39 is 17.3 Å². The first kappa shape index (κ1) is 24.0. The van der Waals surface area contributed by atoms with Crippen LogP contribution in [0, 0.1) is 11.8 Å². The zero-order chi connectivity index (χ0) is 26.7. The van der Waals surface area contributed by atoms with Crippen molar-refractivity contribution < 1.29 is 14.3 Å². The number of imide groups is 1. The summed E-state index contributed by atoms with van der Waals surface area (Å²) in [6, 6.07) is 31.6. The summed E-state index contributed by atoms with van der Waals surface area (Å²) >= 11 is 3.54. The van der Waals surface area contributed by atoms with Crippen LogP contribution in [0.15, 0.2) is 107 Å². The lowest BCUT2D eigenvalue weighted by Crippen LogP contribution is -2.51. The van der Waals surface area contributed by atoms with Gasteiger partial charge in [-0.3, -0.25) is 14.6 Å². The first-order chi connectivity index (χ1) is 19.0. The zero-order valence-corrected chi connectivity index (χ0v) is 22.8. The molecular weight excluding hydrogens is 552 g/mol. The molecule has 6 heteroatoms. The van der Waals surface area contributed by atoms with Gasteiger partial charge in [-0.05, 0) is 71.6 Å². The molecule has 0 saturated carbocycles. The molecular formula is C33H25BrN2O3. The number of carbonyl (C=O) groups is 2. The van der Waals surface area contributed by atoms with Crippen LogP contribution >= 0.6 is 15.9 Å². The highest BCUT2D eigenvalue weighted by molar-refractivity contribution is 9.10. The van der Waals surface area contributed by atoms with Crippen LogP contribution in [0.1, 0.15) is 35.1 Å². The number of benzene rings is 4. The van der Waals surface area contributed by atoms with E-state index in [0.29, 0.717) is 18.0 Å². The average Bonchev–Trinajstić information content (AvgIpc) is 3.20. The van der Waals surface area contributed by atoms with Crippen LogP contribution in [0.4, 0.5) is 11.4 Å². The maximum Gasteiger partial charge on any atom is 0.239 e. The third-order valence-corrected chi connectivity index (χ3v) is 8.81. The minimum atomic E-state index is -0.911. The Bertz CT molecular complexity index is 1650. The fourth-order valence-corrected chi connectivity index (χ4v) is 7.16. The maximum atomic E-state index is 14.5. The second kappa shape index (κ2) is 9.02. The smallest absolute Gasteiger partial charge is 0.239 e. The van der Waals surface area contributed by atoms with Gasteiger partial charge in [0, 0.05) is 16.6 Å². The van der Waals surface area contributed by atoms with Gasteiger partial charge in [0.25, 0.3) is 0 Å². The topological polar surface area (TPSA) is 59.0 Å². The number of nitrogens with zero attached hydrogens (tertiary/aromatic N) is 2. The van der Waals surface area contributed by atoms with Crippen molar-refractivity contribution in [2.45, 2.75) is 18.3 Å². The first-order valence-electron chi connectivity index (χ1n) is 13.1. The van der Waals surface area contributed by atoms with Crippen LogP contribution in [0.3, 0.4) is 0 Å². The summed E-state index contributed by atoms with van der Waals surface area (Å²) in [6.07, 6.45) is 1.91. The van der Waals surface area contributed by atoms with Crippen molar-refractivity contribution in [2.24, 2.45) is 16.8 Å². The quantitative estimate of drug-likeness (QED) is 0.194. The van der Waals surface area contributed by atoms with Gasteiger partial charge in [-0.2, -0.15) is 0 Å². The van der Waals surface area contributed by atoms with E-state index in [1.54, 1.807) is 12.1 Å². The number of halogens is 1. The van der Waals surface area contributed by atoms with Gasteiger partial charge < -0.3 is 4.74 Å². The lowest BCUT2D eigenvalue weighted by Gasteiger charge is -2.48. The molecule has 2 amide bonds. The number of anilines is 1. The summed E-state index contributed by atoms with van der Waals surface area (Å²) in [7, 11) is 0. The molecule has 192 valence electrons. The Kier molecular flexibility index (Phi) is 5.56. The summed E-state index contributed by atoms with van der Waals surface area (Å²) in [6.45, 7) is 2.47. The third-order valence-electron chi connectivity index (χ3n) is 8.32. The average molecular weight is 577 g/mol. The van der Waals surface area contributed by atoms with Gasteiger partial charge in [-0.1, -0.05) is 70.5 Å². The largest absolute Gasteiger partial charge is 0.494 e. The molecule has 0 aromatic heterocycles. The number of amides is 2. The SMILES string of the molecule is CCOc1ccc(N2C(=O)[C@H]3[C@H]4c5ccc(cc5)[C@@](C=Nc5cccc(Br)c5)(c5ccccc54)[C@H]3C2=O)cc1. The second-order valence-electron chi connectivity index (χ2n) is 10.2. The molecule has 1 saturated heterocycles. The first-order valence-corrected chi connectivity index (χ1v) is 13.9. The molecule has 10 rings (SSSR count). The molecule has 4 aromatic carbocycles. The van der Waals surface area contributed by atoms with Crippen molar-refractivity contribution in [3.8, 4) is 5.75 Å². The Balaban J connectivity index is 1.46. The van der Waals surface area contributed by atoms with E-state index in [2.05, 4.69) is 52.3 Å². The fraction of sp³-hybridized carbons (Fsp3) is 0.182. The van der Waals surface area contributed by atoms with Gasteiger partial charge in [-0.25, -0.2) is 4.90 Å². The standard InChI is InChI=1S/C33H25BrN2O3/c1-2-39-25-16-14-24(15-17-25)36-31(37)29-28-20-10-12-21(13-11-20)33(30(29)32(36)38,27-9-4-3-8-26(27)28)19-35-23-7-5-6-22(34)18-23/h3-19,28-30H,2H2,1H3/t28-,29-,30+,33-/m0/s1. The van der Waals surface area contributed by atoms with Crippen LogP contribution in [-0.4, -0.2) is 24.6 Å². The fourth-order valence-electron chi connectivity index (χ4n) is 6.77. The second-order valence-corrected chi connectivity index (χ2v) is 11.2. The molecule has 0 N–H and O–H groups in total. The summed E-state index contributed by atoms with van der Waals surface area (Å²) in [5.74, 6) is -1.07. The van der Waals surface area contributed by atoms with Gasteiger partial charge in [0.05, 0.1) is 35.2 Å². The Labute approximate surface area is 235 Å². The highest BCUT2D eigenvalue weighted by Gasteiger charge is 2.65. The van der Waals surface area contributed by atoms with Crippen molar-refractivity contribution in [1.29, 1.82) is 0 Å². The lowest BCUT2D eigenvalue weighted by molar-refractivity contribution is -0.122. The van der Waals surface area contributed by atoms with E-state index in [4.69, 9.17) is 9.73 Å². The molecule has 6 aliphatic rings. The van der Waals surface area contributed by atoms with Crippen molar-refractivity contribution in [1.82, 2.24) is 0 Å². The molecule has 4 bridgehead atoms. The summed E-state index contributed by atoms with van der Waals surface area (Å²) in [4.78, 5) is 35.2. The molecule has 5 nitrogen and oxygen atoms in total. The van der Waals surface area contributed by atoms with Crippen molar-refractivity contribution in [2.75, 3.05) is 11.5 Å². The van der Waals surface area contributed by atoms with Crippen molar-refractivity contribution in [3.05, 3.63) is 124 Å². The highest BCUT2D eigenvalue weighted by atomic mass is 79.9. The molecule has 1 fully saturated rings. The zero-order valence-electron chi connectivity index (χ0n) is 21.3. The molecule has 0 unspecified atom stereocenters. The van der Waals surface area contributed by atoms with Crippen molar-refractivity contribution in [3.63, 3.8) is 0 Å². The normalized spacial score (nSPS) is 24.6. The van der Waals surface area contributed by atoms with Crippen LogP contribution in [-0.2, 0) is 15.0 Å². The lowest BCUT2D eigenvalue weighted by atomic mass is 9.52. The number of hydrogen-bond acceptors (Lipinski definition) is 4. The predicted octanol–water partition coefficient (Wildman–Crippen LogP) is 6.80. The van der Waals surface area contributed by atoms with Gasteiger partial charge >= 0.3 is 0 Å². The van der Waals surface area contributed by atoms with Crippen LogP contribution in [0.5, 0.6) is 5.75 Å². The van der Waals surface area contributed by atoms with Gasteiger partial charge in [0.1, 0.15) is 5.75 Å². The Morgan fingerprint density at radius 1 is 0.923 bits per heavy atom. The van der Waals surface area contributed by atoms with Crippen LogP contribution in [0.25, 0.3) is 0 Å². The number of hydrogen-bond donors (Lipinski definition) is 0. The summed E-state index contributed by atoms with van der Waals surface area (Å²) in [5.41, 5.74) is 4.54. The molecule has 39 heavy (non-hydrogen) atoms. The van der Waals surface area contributed by atoms with E-state index in [9.17, 15) is 9.59 Å². The molecule has 0 radical (unpaired) electrons. The number of rotatable bonds is 5. The predicted molar refractivity (Wildman–Crippen MR) is 155 cm³/mol. The van der Waals surface area contributed by atoms with E-state index in [1.807, 2.05) is 61.7 Å². The Hall–Kier alpha value is -4.03. The number of ether oxygens (including phenoxy) is 1. The highest BCUT2D eigenvalue weighted by Crippen LogP contribution is 2.60. The Morgan fingerprint density at radius 3 is 2.44 bits per heavy atom. The molecule has 1 heterocycles. The van der Waals surface area contributed by atoms with Gasteiger partial charge in [0.2, 0.25) is 11.8 Å². The Morgan fingerprint density at radius 2 is 1.69 bits per heavy atom. The molecule has 4 atom stereocenters. The summed E-state index contributed by atoms with van der Waals surface area (Å²) < 4.78 is 6.52. The van der Waals surface area contributed by atoms with Gasteiger partial charge in [0.15, 0.2) is 0 Å². The molecule has 1 aliphatic heterocycles. The van der Waals surface area contributed by atoms with Crippen LogP contribution in [0.2, 0.25) is 0 Å². The van der Waals surface area contributed by atoms with E-state index in [1.165, 1.54) is 4.90 Å². The maximum absolute atomic E-state index is 14.5. The number of aliphatic imine (C=N–C) groups is 1. The van der Waals surface area contributed by atoms with Crippen LogP contribution < -0.4 is 9.64 Å². The van der Waals surface area contributed by atoms with Gasteiger partial charge in [-0.15, -0.1) is 0 Å². The minimum absolute atomic E-state index is 0.170. The molecule has 5 aliphatic carbocycles. The molecule has 0 spiro atoms. The number of carbonyl (C=O) groups excluding carboxylic acids is 2. The molecule has 4 aromatic rings.